The van der Waals surface area contributed by atoms with Gasteiger partial charge in [-0.3, -0.25) is 4.98 Å². The van der Waals surface area contributed by atoms with Crippen LogP contribution in [0.2, 0.25) is 0 Å². The van der Waals surface area contributed by atoms with E-state index in [4.69, 9.17) is 15.0 Å². The molecule has 0 fully saturated rings. The summed E-state index contributed by atoms with van der Waals surface area (Å²) >= 11 is 0. The Balaban J connectivity index is 1.29. The van der Waals surface area contributed by atoms with Gasteiger partial charge in [0.05, 0.1) is 5.41 Å². The van der Waals surface area contributed by atoms with Crippen LogP contribution in [0.4, 0.5) is 0 Å². The van der Waals surface area contributed by atoms with Gasteiger partial charge in [-0.25, -0.2) is 15.0 Å². The summed E-state index contributed by atoms with van der Waals surface area (Å²) in [5, 5.41) is 2.26. The van der Waals surface area contributed by atoms with Crippen molar-refractivity contribution in [1.29, 1.82) is 0 Å². The van der Waals surface area contributed by atoms with E-state index < -0.39 is 5.41 Å². The summed E-state index contributed by atoms with van der Waals surface area (Å²) in [6.07, 6.45) is 8.67. The van der Waals surface area contributed by atoms with E-state index in [0.717, 1.165) is 33.3 Å². The molecule has 0 aliphatic heterocycles. The Bertz CT molecular complexity index is 2530. The first-order valence-corrected chi connectivity index (χ1v) is 17.4. The van der Waals surface area contributed by atoms with Crippen molar-refractivity contribution < 1.29 is 0 Å². The van der Waals surface area contributed by atoms with E-state index in [9.17, 15) is 0 Å². The highest BCUT2D eigenvalue weighted by molar-refractivity contribution is 5.96. The first kappa shape index (κ1) is 30.5. The fraction of sp³-hybridized carbons (Fsp3) is 0.0638. The van der Waals surface area contributed by atoms with Crippen molar-refractivity contribution >= 4 is 16.8 Å². The maximum absolute atomic E-state index is 5.29. The minimum absolute atomic E-state index is 0.545. The lowest BCUT2D eigenvalue weighted by molar-refractivity contribution is 0.766. The lowest BCUT2D eigenvalue weighted by Gasteiger charge is -2.33. The van der Waals surface area contributed by atoms with Crippen molar-refractivity contribution in [2.75, 3.05) is 0 Å². The highest BCUT2D eigenvalue weighted by Crippen LogP contribution is 2.57. The maximum atomic E-state index is 5.29. The van der Waals surface area contributed by atoms with Crippen LogP contribution in [0.5, 0.6) is 0 Å². The zero-order chi connectivity index (χ0) is 34.2. The third-order valence-corrected chi connectivity index (χ3v) is 10.1. The third kappa shape index (κ3) is 5.15. The van der Waals surface area contributed by atoms with Gasteiger partial charge in [0, 0.05) is 29.9 Å². The third-order valence-electron chi connectivity index (χ3n) is 10.1. The van der Waals surface area contributed by atoms with Gasteiger partial charge >= 0.3 is 0 Å². The molecule has 2 aromatic heterocycles. The van der Waals surface area contributed by atoms with Crippen molar-refractivity contribution in [2.45, 2.75) is 18.8 Å². The Hall–Kier alpha value is -6.52. The number of nitrogens with zero attached hydrogens (tertiary/aromatic N) is 4. The number of fused-ring (bicyclic) bond motifs is 4. The molecule has 1 aliphatic carbocycles. The van der Waals surface area contributed by atoms with Crippen molar-refractivity contribution in [2.24, 2.45) is 0 Å². The number of aryl methyl sites for hydroxylation is 1. The largest absolute Gasteiger partial charge is 0.265 e. The number of hydrogen-bond acceptors (Lipinski definition) is 4. The summed E-state index contributed by atoms with van der Waals surface area (Å²) in [6.45, 7) is 2.13. The summed E-state index contributed by atoms with van der Waals surface area (Å²) in [7, 11) is 0. The molecule has 4 heteroatoms. The maximum Gasteiger partial charge on any atom is 0.164 e. The fourth-order valence-corrected chi connectivity index (χ4v) is 7.83. The molecule has 0 bridgehead atoms. The number of rotatable bonds is 7. The van der Waals surface area contributed by atoms with Gasteiger partial charge < -0.3 is 0 Å². The number of aromatic nitrogens is 4. The molecule has 0 amide bonds. The minimum atomic E-state index is -0.545. The summed E-state index contributed by atoms with van der Waals surface area (Å²) < 4.78 is 0. The highest BCUT2D eigenvalue weighted by atomic mass is 15.0. The predicted octanol–water partition coefficient (Wildman–Crippen LogP) is 10.7. The van der Waals surface area contributed by atoms with Crippen LogP contribution in [0.15, 0.2) is 170 Å². The van der Waals surface area contributed by atoms with Gasteiger partial charge in [-0.15, -0.1) is 0 Å². The van der Waals surface area contributed by atoms with Crippen LogP contribution >= 0.6 is 0 Å². The summed E-state index contributed by atoms with van der Waals surface area (Å²) in [5.41, 5.74) is 11.0. The van der Waals surface area contributed by atoms with Crippen LogP contribution in [0.1, 0.15) is 39.2 Å². The van der Waals surface area contributed by atoms with Crippen molar-refractivity contribution in [1.82, 2.24) is 19.9 Å². The van der Waals surface area contributed by atoms with Crippen molar-refractivity contribution in [3.05, 3.63) is 209 Å². The average molecular weight is 655 g/mol. The van der Waals surface area contributed by atoms with E-state index in [0.29, 0.717) is 18.1 Å². The molecule has 0 saturated carbocycles. The van der Waals surface area contributed by atoms with Gasteiger partial charge in [-0.05, 0) is 74.3 Å². The Morgan fingerprint density at radius 2 is 1.16 bits per heavy atom. The van der Waals surface area contributed by atoms with Crippen LogP contribution in [0.25, 0.3) is 50.8 Å². The molecule has 9 rings (SSSR count). The number of benzene rings is 6. The van der Waals surface area contributed by atoms with Gasteiger partial charge in [0.2, 0.25) is 0 Å². The second kappa shape index (κ2) is 12.7. The standard InChI is InChI=1S/C47H34N4/c1-32-14-5-6-15-33(32)17-12-27-43-49-45(38-23-11-18-34-16-7-8-21-37(34)38)51-46(50-43)40-24-13-26-42-44(40)39-22-9-10-25-41(39)47(42,35-19-3-2-4-20-35)36-28-30-48-31-29-36/h2-26,28-31H,27H2,1H3/b17-12-. The summed E-state index contributed by atoms with van der Waals surface area (Å²) in [5.74, 6) is 2.06. The molecule has 1 unspecified atom stereocenters. The Morgan fingerprint density at radius 1 is 0.529 bits per heavy atom. The first-order chi connectivity index (χ1) is 25.2. The molecule has 242 valence electrons. The van der Waals surface area contributed by atoms with Crippen LogP contribution < -0.4 is 0 Å². The Labute approximate surface area is 297 Å². The topological polar surface area (TPSA) is 51.6 Å². The van der Waals surface area contributed by atoms with Crippen LogP contribution in [-0.2, 0) is 11.8 Å². The average Bonchev–Trinajstić information content (AvgIpc) is 3.50. The molecule has 0 radical (unpaired) electrons. The van der Waals surface area contributed by atoms with Crippen LogP contribution in [-0.4, -0.2) is 19.9 Å². The van der Waals surface area contributed by atoms with Gasteiger partial charge in [-0.1, -0.05) is 152 Å². The molecular formula is C47H34N4. The van der Waals surface area contributed by atoms with Crippen LogP contribution in [0, 0.1) is 6.92 Å². The molecule has 0 saturated heterocycles. The molecule has 51 heavy (non-hydrogen) atoms. The Morgan fingerprint density at radius 3 is 2.02 bits per heavy atom. The lowest BCUT2D eigenvalue weighted by Crippen LogP contribution is -2.28. The minimum Gasteiger partial charge on any atom is -0.265 e. The van der Waals surface area contributed by atoms with E-state index >= 15 is 0 Å². The predicted molar refractivity (Wildman–Crippen MR) is 207 cm³/mol. The zero-order valence-corrected chi connectivity index (χ0v) is 28.2. The SMILES string of the molecule is Cc1ccccc1/C=C\Cc1nc(-c2cccc3c2-c2ccccc2C3(c2ccccc2)c2ccncc2)nc(-c2cccc3ccccc23)n1. The van der Waals surface area contributed by atoms with Crippen LogP contribution in [0.3, 0.4) is 0 Å². The van der Waals surface area contributed by atoms with Gasteiger partial charge in [-0.2, -0.15) is 0 Å². The number of allylic oxidation sites excluding steroid dienone is 1. The number of hydrogen-bond donors (Lipinski definition) is 0. The monoisotopic (exact) mass is 654 g/mol. The molecule has 0 N–H and O–H groups in total. The molecule has 0 spiro atoms. The Kier molecular flexibility index (Phi) is 7.63. The quantitative estimate of drug-likeness (QED) is 0.172. The smallest absolute Gasteiger partial charge is 0.164 e. The second-order valence-corrected chi connectivity index (χ2v) is 13.0. The molecule has 1 aliphatic rings. The fourth-order valence-electron chi connectivity index (χ4n) is 7.83. The van der Waals surface area contributed by atoms with E-state index in [1.165, 1.54) is 38.9 Å². The molecule has 6 aromatic carbocycles. The molecule has 2 heterocycles. The normalized spacial score (nSPS) is 14.8. The molecular weight excluding hydrogens is 621 g/mol. The van der Waals surface area contributed by atoms with Gasteiger partial charge in [0.25, 0.3) is 0 Å². The van der Waals surface area contributed by atoms with E-state index in [-0.39, 0.29) is 0 Å². The van der Waals surface area contributed by atoms with Crippen molar-refractivity contribution in [3.8, 4) is 33.9 Å². The zero-order valence-electron chi connectivity index (χ0n) is 28.2. The summed E-state index contributed by atoms with van der Waals surface area (Å²) in [4.78, 5) is 20.0. The van der Waals surface area contributed by atoms with E-state index in [1.54, 1.807) is 0 Å². The number of pyridine rings is 1. The van der Waals surface area contributed by atoms with E-state index in [1.807, 2.05) is 12.4 Å². The molecule has 1 atom stereocenters. The van der Waals surface area contributed by atoms with E-state index in [2.05, 4.69) is 176 Å². The second-order valence-electron chi connectivity index (χ2n) is 13.0. The summed E-state index contributed by atoms with van der Waals surface area (Å²) in [6, 6.07) is 53.6. The molecule has 8 aromatic rings. The lowest BCUT2D eigenvalue weighted by atomic mass is 9.68. The first-order valence-electron chi connectivity index (χ1n) is 17.4. The van der Waals surface area contributed by atoms with Gasteiger partial charge in [0.15, 0.2) is 11.6 Å². The van der Waals surface area contributed by atoms with Gasteiger partial charge in [0.1, 0.15) is 5.82 Å². The highest BCUT2D eigenvalue weighted by Gasteiger charge is 2.47. The van der Waals surface area contributed by atoms with Crippen molar-refractivity contribution in [3.63, 3.8) is 0 Å². The molecule has 4 nitrogen and oxygen atoms in total.